The van der Waals surface area contributed by atoms with Crippen LogP contribution in [-0.4, -0.2) is 67.3 Å². The maximum Gasteiger partial charge on any atom is 0.339 e. The van der Waals surface area contributed by atoms with Gasteiger partial charge in [0, 0.05) is 25.7 Å². The highest BCUT2D eigenvalue weighted by Gasteiger charge is 2.34. The molecule has 2 aliphatic heterocycles. The summed E-state index contributed by atoms with van der Waals surface area (Å²) in [5.41, 5.74) is 0.607. The molecular weight excluding hydrogens is 410 g/mol. The van der Waals surface area contributed by atoms with E-state index in [1.165, 1.54) is 23.4 Å². The molecule has 3 rings (SSSR count). The molecule has 2 atom stereocenters. The number of rotatable bonds is 5. The van der Waals surface area contributed by atoms with Gasteiger partial charge in [0.2, 0.25) is 10.0 Å². The Balaban J connectivity index is 1.80. The molecule has 0 aromatic heterocycles. The number of carbonyl (C=O) groups is 3. The van der Waals surface area contributed by atoms with E-state index in [9.17, 15) is 22.8 Å². The van der Waals surface area contributed by atoms with Crippen LogP contribution in [0.25, 0.3) is 0 Å². The van der Waals surface area contributed by atoms with Crippen molar-refractivity contribution in [1.82, 2.24) is 14.5 Å². The van der Waals surface area contributed by atoms with Crippen molar-refractivity contribution in [3.8, 4) is 0 Å². The molecule has 1 aromatic carbocycles. The molecule has 9 nitrogen and oxygen atoms in total. The Morgan fingerprint density at radius 1 is 1.23 bits per heavy atom. The van der Waals surface area contributed by atoms with Crippen LogP contribution in [0.3, 0.4) is 0 Å². The van der Waals surface area contributed by atoms with E-state index >= 15 is 0 Å². The highest BCUT2D eigenvalue weighted by atomic mass is 32.2. The second-order valence-corrected chi connectivity index (χ2v) is 9.60. The van der Waals surface area contributed by atoms with Crippen molar-refractivity contribution in [2.45, 2.75) is 57.1 Å². The van der Waals surface area contributed by atoms with Crippen LogP contribution in [0.1, 0.15) is 49.0 Å². The summed E-state index contributed by atoms with van der Waals surface area (Å²) in [5.74, 6) is -1.43. The van der Waals surface area contributed by atoms with Gasteiger partial charge in [0.25, 0.3) is 5.91 Å². The predicted molar refractivity (Wildman–Crippen MR) is 108 cm³/mol. The highest BCUT2D eigenvalue weighted by molar-refractivity contribution is 7.89. The number of aryl methyl sites for hydroxylation is 1. The summed E-state index contributed by atoms with van der Waals surface area (Å²) in [7, 11) is -3.75. The van der Waals surface area contributed by atoms with Crippen molar-refractivity contribution < 1.29 is 27.5 Å². The van der Waals surface area contributed by atoms with Gasteiger partial charge in [0.05, 0.1) is 10.5 Å². The van der Waals surface area contributed by atoms with E-state index in [-0.39, 0.29) is 23.0 Å². The number of piperidine rings is 1. The fourth-order valence-corrected chi connectivity index (χ4v) is 5.45. The van der Waals surface area contributed by atoms with Crippen LogP contribution in [0.5, 0.6) is 0 Å². The van der Waals surface area contributed by atoms with Crippen LogP contribution in [0, 0.1) is 6.92 Å². The average molecular weight is 438 g/mol. The van der Waals surface area contributed by atoms with Crippen molar-refractivity contribution >= 4 is 27.9 Å². The fraction of sp³-hybridized carbons (Fsp3) is 0.550. The third-order valence-corrected chi connectivity index (χ3v) is 7.54. The number of hydrogen-bond acceptors (Lipinski definition) is 6. The van der Waals surface area contributed by atoms with Gasteiger partial charge in [-0.25, -0.2) is 18.0 Å². The smallest absolute Gasteiger partial charge is 0.339 e. The molecule has 2 saturated heterocycles. The summed E-state index contributed by atoms with van der Waals surface area (Å²) in [4.78, 5) is 37.7. The molecule has 0 saturated carbocycles. The van der Waals surface area contributed by atoms with Gasteiger partial charge < -0.3 is 10.1 Å². The van der Waals surface area contributed by atoms with Crippen molar-refractivity contribution in [2.24, 2.45) is 0 Å². The SMILES string of the molecule is Cc1ccc(S(=O)(=O)N2CCCCC2C)cc1C(=O)OC(C)C(=O)N1CCNC1=O. The topological polar surface area (TPSA) is 113 Å². The minimum atomic E-state index is -3.75. The van der Waals surface area contributed by atoms with Gasteiger partial charge >= 0.3 is 12.0 Å². The Hall–Kier alpha value is -2.46. The average Bonchev–Trinajstić information content (AvgIpc) is 3.13. The molecule has 0 bridgehead atoms. The summed E-state index contributed by atoms with van der Waals surface area (Å²) in [6.45, 7) is 5.93. The third kappa shape index (κ3) is 4.34. The zero-order valence-electron chi connectivity index (χ0n) is 17.4. The molecule has 0 spiro atoms. The zero-order valence-corrected chi connectivity index (χ0v) is 18.2. The maximum atomic E-state index is 13.1. The van der Waals surface area contributed by atoms with Gasteiger partial charge in [0.15, 0.2) is 6.10 Å². The van der Waals surface area contributed by atoms with E-state index in [0.717, 1.165) is 24.2 Å². The number of carbonyl (C=O) groups excluding carboxylic acids is 3. The van der Waals surface area contributed by atoms with Gasteiger partial charge in [-0.2, -0.15) is 4.31 Å². The minimum absolute atomic E-state index is 0.0201. The number of nitrogens with zero attached hydrogens (tertiary/aromatic N) is 2. The van der Waals surface area contributed by atoms with Gasteiger partial charge in [-0.1, -0.05) is 12.5 Å². The number of ether oxygens (including phenoxy) is 1. The Morgan fingerprint density at radius 3 is 2.60 bits per heavy atom. The van der Waals surface area contributed by atoms with Gasteiger partial charge in [-0.15, -0.1) is 0 Å². The summed E-state index contributed by atoms with van der Waals surface area (Å²) in [5, 5.41) is 2.51. The number of amides is 3. The lowest BCUT2D eigenvalue weighted by Gasteiger charge is -2.32. The van der Waals surface area contributed by atoms with E-state index in [1.54, 1.807) is 13.0 Å². The number of hydrogen-bond donors (Lipinski definition) is 1. The Labute approximate surface area is 176 Å². The van der Waals surface area contributed by atoms with Crippen LogP contribution in [0.4, 0.5) is 4.79 Å². The number of imide groups is 1. The van der Waals surface area contributed by atoms with Crippen LogP contribution >= 0.6 is 0 Å². The summed E-state index contributed by atoms with van der Waals surface area (Å²) in [6, 6.07) is 3.70. The quantitative estimate of drug-likeness (QED) is 0.701. The van der Waals surface area contributed by atoms with Crippen LogP contribution in [0.2, 0.25) is 0 Å². The molecule has 3 amide bonds. The molecule has 2 aliphatic rings. The molecule has 164 valence electrons. The minimum Gasteiger partial charge on any atom is -0.449 e. The lowest BCUT2D eigenvalue weighted by atomic mass is 10.1. The largest absolute Gasteiger partial charge is 0.449 e. The van der Waals surface area contributed by atoms with Crippen molar-refractivity contribution in [1.29, 1.82) is 0 Å². The van der Waals surface area contributed by atoms with E-state index in [0.29, 0.717) is 18.7 Å². The molecule has 2 heterocycles. The van der Waals surface area contributed by atoms with Crippen molar-refractivity contribution in [3.63, 3.8) is 0 Å². The number of nitrogens with one attached hydrogen (secondary N) is 1. The molecule has 0 aliphatic carbocycles. The molecule has 2 unspecified atom stereocenters. The van der Waals surface area contributed by atoms with E-state index in [4.69, 9.17) is 4.74 Å². The third-order valence-electron chi connectivity index (χ3n) is 5.53. The Morgan fingerprint density at radius 2 is 1.97 bits per heavy atom. The van der Waals surface area contributed by atoms with Gasteiger partial charge in [0.1, 0.15) is 0 Å². The summed E-state index contributed by atoms with van der Waals surface area (Å²) in [6.07, 6.45) is 1.40. The first kappa shape index (κ1) is 22.2. The number of esters is 1. The summed E-state index contributed by atoms with van der Waals surface area (Å²) < 4.78 is 32.9. The summed E-state index contributed by atoms with van der Waals surface area (Å²) >= 11 is 0. The molecule has 10 heteroatoms. The predicted octanol–water partition coefficient (Wildman–Crippen LogP) is 1.66. The molecular formula is C20H27N3O6S. The molecule has 1 N–H and O–H groups in total. The standard InChI is InChI=1S/C20H27N3O6S/c1-13-7-8-16(30(27,28)23-10-5-4-6-14(23)2)12-17(13)19(25)29-15(3)18(24)22-11-9-21-20(22)26/h7-8,12,14-15H,4-6,9-11H2,1-3H3,(H,21,26). The first-order chi connectivity index (χ1) is 14.1. The van der Waals surface area contributed by atoms with Crippen molar-refractivity contribution in [2.75, 3.05) is 19.6 Å². The molecule has 1 aromatic rings. The lowest BCUT2D eigenvalue weighted by Crippen LogP contribution is -2.42. The number of benzene rings is 1. The van der Waals surface area contributed by atoms with Gasteiger partial charge in [-0.05, 0) is 51.3 Å². The normalized spacial score (nSPS) is 21.2. The fourth-order valence-electron chi connectivity index (χ4n) is 3.72. The second kappa shape index (κ2) is 8.73. The first-order valence-electron chi connectivity index (χ1n) is 10.1. The highest BCUT2D eigenvalue weighted by Crippen LogP contribution is 2.26. The van der Waals surface area contributed by atoms with Crippen LogP contribution in [0.15, 0.2) is 23.1 Å². The van der Waals surface area contributed by atoms with E-state index in [1.807, 2.05) is 6.92 Å². The van der Waals surface area contributed by atoms with E-state index < -0.39 is 34.0 Å². The first-order valence-corrected chi connectivity index (χ1v) is 11.5. The monoisotopic (exact) mass is 437 g/mol. The van der Waals surface area contributed by atoms with E-state index in [2.05, 4.69) is 5.32 Å². The van der Waals surface area contributed by atoms with Crippen molar-refractivity contribution in [3.05, 3.63) is 29.3 Å². The molecule has 2 fully saturated rings. The molecule has 30 heavy (non-hydrogen) atoms. The van der Waals surface area contributed by atoms with Crippen LogP contribution in [-0.2, 0) is 19.6 Å². The van der Waals surface area contributed by atoms with Gasteiger partial charge in [-0.3, -0.25) is 9.69 Å². The maximum absolute atomic E-state index is 13.1. The Kier molecular flexibility index (Phi) is 6.47. The molecule has 0 radical (unpaired) electrons. The second-order valence-electron chi connectivity index (χ2n) is 7.71. The number of sulfonamides is 1. The number of urea groups is 1. The lowest BCUT2D eigenvalue weighted by molar-refractivity contribution is -0.136. The Bertz CT molecular complexity index is 961. The van der Waals surface area contributed by atoms with Crippen LogP contribution < -0.4 is 5.32 Å². The zero-order chi connectivity index (χ0) is 22.1.